The van der Waals surface area contributed by atoms with Gasteiger partial charge in [-0.25, -0.2) is 0 Å². The van der Waals surface area contributed by atoms with Crippen LogP contribution in [0.3, 0.4) is 0 Å². The molecule has 0 saturated heterocycles. The van der Waals surface area contributed by atoms with E-state index in [1.807, 2.05) is 36.4 Å². The SMILES string of the molecule is N=C(N)c1ccc(Cl)c(Cl)c1.c1ccccc1. The maximum Gasteiger partial charge on any atom is 0.122 e. The zero-order chi connectivity index (χ0) is 12.7. The van der Waals surface area contributed by atoms with Gasteiger partial charge in [-0.05, 0) is 18.2 Å². The van der Waals surface area contributed by atoms with Gasteiger partial charge in [-0.15, -0.1) is 0 Å². The van der Waals surface area contributed by atoms with Crippen molar-refractivity contribution in [2.75, 3.05) is 0 Å². The highest BCUT2D eigenvalue weighted by Gasteiger charge is 2.00. The topological polar surface area (TPSA) is 49.9 Å². The largest absolute Gasteiger partial charge is 0.384 e. The molecule has 0 spiro atoms. The minimum Gasteiger partial charge on any atom is -0.384 e. The van der Waals surface area contributed by atoms with Crippen LogP contribution in [0.15, 0.2) is 54.6 Å². The van der Waals surface area contributed by atoms with E-state index in [4.69, 9.17) is 34.3 Å². The Kier molecular flexibility index (Phi) is 5.53. The van der Waals surface area contributed by atoms with E-state index in [-0.39, 0.29) is 5.84 Å². The third-order valence-electron chi connectivity index (χ3n) is 1.90. The van der Waals surface area contributed by atoms with Crippen molar-refractivity contribution in [1.82, 2.24) is 0 Å². The number of nitrogen functional groups attached to an aromatic ring is 1. The van der Waals surface area contributed by atoms with E-state index < -0.39 is 0 Å². The van der Waals surface area contributed by atoms with E-state index in [0.717, 1.165) is 0 Å². The zero-order valence-electron chi connectivity index (χ0n) is 9.03. The highest BCUT2D eigenvalue weighted by atomic mass is 35.5. The Bertz CT molecular complexity index is 457. The zero-order valence-corrected chi connectivity index (χ0v) is 10.5. The lowest BCUT2D eigenvalue weighted by Gasteiger charge is -1.99. The van der Waals surface area contributed by atoms with Crippen LogP contribution in [0.1, 0.15) is 5.56 Å². The van der Waals surface area contributed by atoms with Gasteiger partial charge in [0.1, 0.15) is 5.84 Å². The first kappa shape index (κ1) is 13.6. The first-order valence-electron chi connectivity index (χ1n) is 4.90. The fraction of sp³-hybridized carbons (Fsp3) is 0. The second-order valence-electron chi connectivity index (χ2n) is 3.20. The summed E-state index contributed by atoms with van der Waals surface area (Å²) in [5, 5.41) is 7.96. The third kappa shape index (κ3) is 4.89. The van der Waals surface area contributed by atoms with Gasteiger partial charge in [-0.3, -0.25) is 5.41 Å². The summed E-state index contributed by atoms with van der Waals surface area (Å²) in [6.07, 6.45) is 0. The van der Waals surface area contributed by atoms with Gasteiger partial charge < -0.3 is 5.73 Å². The lowest BCUT2D eigenvalue weighted by Crippen LogP contribution is -2.10. The number of rotatable bonds is 1. The number of nitrogens with two attached hydrogens (primary N) is 1. The van der Waals surface area contributed by atoms with Crippen LogP contribution < -0.4 is 5.73 Å². The second kappa shape index (κ2) is 6.94. The summed E-state index contributed by atoms with van der Waals surface area (Å²) in [4.78, 5) is 0. The maximum atomic E-state index is 7.08. The predicted octanol–water partition coefficient (Wildman–Crippen LogP) is 3.96. The van der Waals surface area contributed by atoms with Crippen LogP contribution in [0.4, 0.5) is 0 Å². The molecule has 2 aromatic rings. The van der Waals surface area contributed by atoms with E-state index in [2.05, 4.69) is 0 Å². The van der Waals surface area contributed by atoms with Gasteiger partial charge in [-0.1, -0.05) is 59.6 Å². The molecule has 0 amide bonds. The van der Waals surface area contributed by atoms with E-state index in [1.54, 1.807) is 18.2 Å². The quantitative estimate of drug-likeness (QED) is 0.596. The summed E-state index contributed by atoms with van der Waals surface area (Å²) in [6.45, 7) is 0. The van der Waals surface area contributed by atoms with Crippen molar-refractivity contribution in [1.29, 1.82) is 5.41 Å². The Balaban J connectivity index is 0.000000202. The molecule has 4 heteroatoms. The molecule has 0 unspecified atom stereocenters. The molecule has 0 aromatic heterocycles. The van der Waals surface area contributed by atoms with Gasteiger partial charge in [0.2, 0.25) is 0 Å². The van der Waals surface area contributed by atoms with Crippen molar-refractivity contribution in [3.8, 4) is 0 Å². The molecule has 2 rings (SSSR count). The molecule has 0 atom stereocenters. The van der Waals surface area contributed by atoms with Gasteiger partial charge in [-0.2, -0.15) is 0 Å². The summed E-state index contributed by atoms with van der Waals surface area (Å²) in [5.74, 6) is -0.0106. The highest BCUT2D eigenvalue weighted by Crippen LogP contribution is 2.22. The van der Waals surface area contributed by atoms with Crippen molar-refractivity contribution < 1.29 is 0 Å². The van der Waals surface area contributed by atoms with Crippen LogP contribution in [0.2, 0.25) is 10.0 Å². The smallest absolute Gasteiger partial charge is 0.122 e. The summed E-state index contributed by atoms with van der Waals surface area (Å²) < 4.78 is 0. The minimum atomic E-state index is -0.0106. The molecule has 0 heterocycles. The molecule has 0 aliphatic heterocycles. The first-order valence-corrected chi connectivity index (χ1v) is 5.66. The molecular formula is C13H12Cl2N2. The van der Waals surface area contributed by atoms with Crippen LogP contribution in [0.25, 0.3) is 0 Å². The van der Waals surface area contributed by atoms with Crippen LogP contribution >= 0.6 is 23.2 Å². The van der Waals surface area contributed by atoms with Gasteiger partial charge in [0.25, 0.3) is 0 Å². The van der Waals surface area contributed by atoms with Crippen molar-refractivity contribution in [2.24, 2.45) is 5.73 Å². The summed E-state index contributed by atoms with van der Waals surface area (Å²) in [5.41, 5.74) is 5.80. The fourth-order valence-electron chi connectivity index (χ4n) is 1.05. The number of benzene rings is 2. The van der Waals surface area contributed by atoms with E-state index in [9.17, 15) is 0 Å². The second-order valence-corrected chi connectivity index (χ2v) is 4.01. The highest BCUT2D eigenvalue weighted by molar-refractivity contribution is 6.42. The van der Waals surface area contributed by atoms with Gasteiger partial charge in [0.05, 0.1) is 10.0 Å². The van der Waals surface area contributed by atoms with E-state index in [1.165, 1.54) is 0 Å². The Labute approximate surface area is 110 Å². The van der Waals surface area contributed by atoms with Gasteiger partial charge in [0.15, 0.2) is 0 Å². The van der Waals surface area contributed by atoms with Crippen LogP contribution in [-0.4, -0.2) is 5.84 Å². The lowest BCUT2D eigenvalue weighted by molar-refractivity contribution is 1.42. The van der Waals surface area contributed by atoms with Crippen molar-refractivity contribution in [3.63, 3.8) is 0 Å². The molecule has 0 aliphatic carbocycles. The van der Waals surface area contributed by atoms with Crippen LogP contribution in [0.5, 0.6) is 0 Å². The number of hydrogen-bond acceptors (Lipinski definition) is 1. The molecule has 0 bridgehead atoms. The average Bonchev–Trinajstić information content (AvgIpc) is 2.35. The molecule has 0 radical (unpaired) electrons. The maximum absolute atomic E-state index is 7.08. The Morgan fingerprint density at radius 2 is 1.35 bits per heavy atom. The minimum absolute atomic E-state index is 0.0106. The summed E-state index contributed by atoms with van der Waals surface area (Å²) >= 11 is 11.3. The Morgan fingerprint density at radius 3 is 1.71 bits per heavy atom. The average molecular weight is 267 g/mol. The van der Waals surface area contributed by atoms with Crippen molar-refractivity contribution in [2.45, 2.75) is 0 Å². The molecular weight excluding hydrogens is 255 g/mol. The van der Waals surface area contributed by atoms with Gasteiger partial charge in [0, 0.05) is 5.56 Å². The predicted molar refractivity (Wildman–Crippen MR) is 73.9 cm³/mol. The fourth-order valence-corrected chi connectivity index (χ4v) is 1.35. The lowest BCUT2D eigenvalue weighted by atomic mass is 10.2. The number of amidine groups is 1. The molecule has 0 aliphatic rings. The molecule has 2 aromatic carbocycles. The number of hydrogen-bond donors (Lipinski definition) is 2. The number of halogens is 2. The normalized spacial score (nSPS) is 9.06. The van der Waals surface area contributed by atoms with E-state index in [0.29, 0.717) is 15.6 Å². The molecule has 0 fully saturated rings. The third-order valence-corrected chi connectivity index (χ3v) is 2.64. The molecule has 3 N–H and O–H groups in total. The van der Waals surface area contributed by atoms with Gasteiger partial charge >= 0.3 is 0 Å². The van der Waals surface area contributed by atoms with Crippen LogP contribution in [-0.2, 0) is 0 Å². The Hall–Kier alpha value is -1.51. The molecule has 2 nitrogen and oxygen atoms in total. The number of nitrogens with one attached hydrogen (secondary N) is 1. The van der Waals surface area contributed by atoms with Crippen molar-refractivity contribution in [3.05, 3.63) is 70.2 Å². The standard InChI is InChI=1S/C7H6Cl2N2.C6H6/c8-5-2-1-4(7(10)11)3-6(5)9;1-2-4-6-5-3-1/h1-3H,(H3,10,11);1-6H. The molecule has 17 heavy (non-hydrogen) atoms. The molecule has 88 valence electrons. The monoisotopic (exact) mass is 266 g/mol. The summed E-state index contributed by atoms with van der Waals surface area (Å²) in [6, 6.07) is 16.8. The molecule has 0 saturated carbocycles. The van der Waals surface area contributed by atoms with Crippen LogP contribution in [0, 0.1) is 5.41 Å². The van der Waals surface area contributed by atoms with E-state index >= 15 is 0 Å². The Morgan fingerprint density at radius 1 is 0.882 bits per heavy atom. The van der Waals surface area contributed by atoms with Crippen molar-refractivity contribution >= 4 is 29.0 Å². The summed E-state index contributed by atoms with van der Waals surface area (Å²) in [7, 11) is 0. The first-order chi connectivity index (χ1) is 8.11.